The summed E-state index contributed by atoms with van der Waals surface area (Å²) in [7, 11) is 0. The van der Waals surface area contributed by atoms with Gasteiger partial charge in [-0.15, -0.1) is 10.2 Å². The van der Waals surface area contributed by atoms with Gasteiger partial charge in [0.1, 0.15) is 5.69 Å². The van der Waals surface area contributed by atoms with E-state index in [2.05, 4.69) is 77.9 Å². The first-order chi connectivity index (χ1) is 10.7. The molecule has 22 heavy (non-hydrogen) atoms. The summed E-state index contributed by atoms with van der Waals surface area (Å²) in [5, 5.41) is 12.3. The van der Waals surface area contributed by atoms with Crippen molar-refractivity contribution in [2.24, 2.45) is 10.8 Å². The summed E-state index contributed by atoms with van der Waals surface area (Å²) in [6.07, 6.45) is 19.4. The van der Waals surface area contributed by atoms with Gasteiger partial charge in [0.15, 0.2) is 0 Å². The van der Waals surface area contributed by atoms with Crippen LogP contribution in [0.1, 0.15) is 25.1 Å². The molecule has 0 amide bonds. The van der Waals surface area contributed by atoms with Crippen molar-refractivity contribution in [3.63, 3.8) is 0 Å². The highest BCUT2D eigenvalue weighted by Gasteiger charge is 2.58. The van der Waals surface area contributed by atoms with E-state index in [0.717, 1.165) is 11.3 Å². The van der Waals surface area contributed by atoms with E-state index >= 15 is 0 Å². The summed E-state index contributed by atoms with van der Waals surface area (Å²) in [4.78, 5) is 0. The number of hydrogen-bond donors (Lipinski definition) is 0. The molecule has 2 atom stereocenters. The zero-order chi connectivity index (χ0) is 14.9. The van der Waals surface area contributed by atoms with E-state index in [4.69, 9.17) is 0 Å². The normalized spacial score (nSPS) is 33.2. The van der Waals surface area contributed by atoms with Crippen molar-refractivity contribution >= 4 is 11.1 Å². The van der Waals surface area contributed by atoms with Crippen LogP contribution in [0.2, 0.25) is 0 Å². The van der Waals surface area contributed by atoms with Gasteiger partial charge in [-0.05, 0) is 27.5 Å². The Hall–Kier alpha value is -2.55. The first-order valence-electron chi connectivity index (χ1n) is 7.57. The summed E-state index contributed by atoms with van der Waals surface area (Å²) < 4.78 is 0. The minimum atomic E-state index is -0.120. The largest absolute Gasteiger partial charge is 0.138 e. The minimum absolute atomic E-state index is 0.0971. The highest BCUT2D eigenvalue weighted by Crippen LogP contribution is 2.69. The second-order valence-electron chi connectivity index (χ2n) is 6.57. The third-order valence-electron chi connectivity index (χ3n) is 5.94. The van der Waals surface area contributed by atoms with Crippen LogP contribution in [0.4, 0.5) is 0 Å². The highest BCUT2D eigenvalue weighted by atomic mass is 15.3. The van der Waals surface area contributed by atoms with Gasteiger partial charge >= 0.3 is 0 Å². The molecule has 0 fully saturated rings. The van der Waals surface area contributed by atoms with Crippen molar-refractivity contribution in [3.05, 3.63) is 77.2 Å². The van der Waals surface area contributed by atoms with Crippen LogP contribution in [-0.4, -0.2) is 15.4 Å². The molecule has 0 saturated carbocycles. The zero-order valence-electron chi connectivity index (χ0n) is 12.5. The van der Waals surface area contributed by atoms with E-state index in [1.54, 1.807) is 0 Å². The van der Waals surface area contributed by atoms with Gasteiger partial charge < -0.3 is 0 Å². The van der Waals surface area contributed by atoms with Crippen molar-refractivity contribution in [1.29, 1.82) is 0 Å². The molecule has 106 valence electrons. The lowest BCUT2D eigenvalue weighted by Crippen LogP contribution is -2.47. The van der Waals surface area contributed by atoms with Crippen LogP contribution in [0.25, 0.3) is 11.1 Å². The van der Waals surface area contributed by atoms with E-state index in [1.165, 1.54) is 22.3 Å². The Kier molecular flexibility index (Phi) is 1.98. The maximum atomic E-state index is 4.38. The maximum absolute atomic E-state index is 4.38. The Morgan fingerprint density at radius 3 is 2.18 bits per heavy atom. The molecule has 3 nitrogen and oxygen atoms in total. The van der Waals surface area contributed by atoms with Gasteiger partial charge in [0.25, 0.3) is 0 Å². The maximum Gasteiger partial charge on any atom is 0.101 e. The van der Waals surface area contributed by atoms with Crippen LogP contribution >= 0.6 is 0 Å². The van der Waals surface area contributed by atoms with Crippen molar-refractivity contribution < 1.29 is 0 Å². The first-order valence-corrected chi connectivity index (χ1v) is 7.57. The number of aromatic nitrogens is 3. The van der Waals surface area contributed by atoms with Gasteiger partial charge in [0.05, 0.1) is 6.20 Å². The first kappa shape index (κ1) is 12.0. The molecule has 4 aliphatic carbocycles. The summed E-state index contributed by atoms with van der Waals surface area (Å²) >= 11 is 0. The molecule has 0 radical (unpaired) electrons. The molecule has 1 aromatic heterocycles. The molecule has 0 bridgehead atoms. The molecule has 5 rings (SSSR count). The molecule has 0 N–H and O–H groups in total. The van der Waals surface area contributed by atoms with Crippen LogP contribution in [0, 0.1) is 10.8 Å². The molecule has 3 heteroatoms. The average Bonchev–Trinajstić information content (AvgIpc) is 2.54. The van der Waals surface area contributed by atoms with Crippen molar-refractivity contribution in [3.8, 4) is 0 Å². The Balaban J connectivity index is 2.00. The Morgan fingerprint density at radius 2 is 1.45 bits per heavy atom. The highest BCUT2D eigenvalue weighted by molar-refractivity contribution is 5.95. The predicted octanol–water partition coefficient (Wildman–Crippen LogP) is 3.67. The molecule has 1 heterocycles. The van der Waals surface area contributed by atoms with Crippen LogP contribution < -0.4 is 0 Å². The number of hydrogen-bond acceptors (Lipinski definition) is 3. The van der Waals surface area contributed by atoms with Gasteiger partial charge in [0.2, 0.25) is 0 Å². The van der Waals surface area contributed by atoms with Gasteiger partial charge in [-0.3, -0.25) is 0 Å². The fraction of sp³-hybridized carbons (Fsp3) is 0.211. The quantitative estimate of drug-likeness (QED) is 0.730. The lowest BCUT2D eigenvalue weighted by molar-refractivity contribution is 0.301. The molecule has 0 unspecified atom stereocenters. The monoisotopic (exact) mass is 285 g/mol. The fourth-order valence-electron chi connectivity index (χ4n) is 4.55. The average molecular weight is 285 g/mol. The standard InChI is InChI=1S/C19H15N3/c1-18-12-5-3-7-15(18)14-11-20-22-21-17(14)16-8-4-6-13(10-9-12)19(16,18)2/h3-11H,1-2H3/t18-,19-/m1/s1. The molecule has 0 aliphatic heterocycles. The van der Waals surface area contributed by atoms with Crippen molar-refractivity contribution in [2.75, 3.05) is 0 Å². The third kappa shape index (κ3) is 1.07. The number of allylic oxidation sites excluding steroid dienone is 12. The summed E-state index contributed by atoms with van der Waals surface area (Å²) in [5.74, 6) is 0. The van der Waals surface area contributed by atoms with Gasteiger partial charge in [-0.2, -0.15) is 0 Å². The van der Waals surface area contributed by atoms with Gasteiger partial charge in [-0.1, -0.05) is 62.5 Å². The number of rotatable bonds is 0. The van der Waals surface area contributed by atoms with E-state index in [1.807, 2.05) is 6.20 Å². The lowest BCUT2D eigenvalue weighted by atomic mass is 9.45. The van der Waals surface area contributed by atoms with E-state index < -0.39 is 0 Å². The van der Waals surface area contributed by atoms with Gasteiger partial charge in [-0.25, -0.2) is 0 Å². The molecular weight excluding hydrogens is 270 g/mol. The Labute approximate surface area is 129 Å². The SMILES string of the molecule is C[C@@]12C3=CC=C4C=CC=C(c5nnncc5C1=CC=C3)[C@@]42C. The van der Waals surface area contributed by atoms with Crippen LogP contribution in [0.3, 0.4) is 0 Å². The van der Waals surface area contributed by atoms with E-state index in [-0.39, 0.29) is 10.8 Å². The zero-order valence-corrected chi connectivity index (χ0v) is 12.5. The van der Waals surface area contributed by atoms with Crippen LogP contribution in [0.15, 0.2) is 66.0 Å². The topological polar surface area (TPSA) is 38.7 Å². The summed E-state index contributed by atoms with van der Waals surface area (Å²) in [6.45, 7) is 4.68. The predicted molar refractivity (Wildman–Crippen MR) is 86.4 cm³/mol. The minimum Gasteiger partial charge on any atom is -0.138 e. The van der Waals surface area contributed by atoms with E-state index in [0.29, 0.717) is 0 Å². The summed E-state index contributed by atoms with van der Waals surface area (Å²) in [5.41, 5.74) is 7.07. The fourth-order valence-corrected chi connectivity index (χ4v) is 4.55. The molecule has 4 aliphatic rings. The number of fused-ring (bicyclic) bond motifs is 3. The Morgan fingerprint density at radius 1 is 0.818 bits per heavy atom. The van der Waals surface area contributed by atoms with Gasteiger partial charge in [0, 0.05) is 16.4 Å². The molecule has 0 saturated heterocycles. The second-order valence-corrected chi connectivity index (χ2v) is 6.57. The molecular formula is C19H15N3. The van der Waals surface area contributed by atoms with E-state index in [9.17, 15) is 0 Å². The number of nitrogens with zero attached hydrogens (tertiary/aromatic N) is 3. The Bertz CT molecular complexity index is 835. The smallest absolute Gasteiger partial charge is 0.101 e. The van der Waals surface area contributed by atoms with Crippen LogP contribution in [-0.2, 0) is 0 Å². The lowest BCUT2D eigenvalue weighted by Gasteiger charge is -2.57. The second kappa shape index (κ2) is 3.61. The van der Waals surface area contributed by atoms with Crippen molar-refractivity contribution in [2.45, 2.75) is 13.8 Å². The van der Waals surface area contributed by atoms with Crippen molar-refractivity contribution in [1.82, 2.24) is 15.4 Å². The van der Waals surface area contributed by atoms with Crippen LogP contribution in [0.5, 0.6) is 0 Å². The molecule has 1 aromatic rings. The molecule has 0 aromatic carbocycles. The molecule has 0 spiro atoms. The third-order valence-corrected chi connectivity index (χ3v) is 5.94. The summed E-state index contributed by atoms with van der Waals surface area (Å²) in [6, 6.07) is 0.